The van der Waals surface area contributed by atoms with Gasteiger partial charge in [0.2, 0.25) is 0 Å². The van der Waals surface area contributed by atoms with Gasteiger partial charge >= 0.3 is 0 Å². The van der Waals surface area contributed by atoms with Crippen molar-refractivity contribution in [2.75, 3.05) is 12.4 Å². The van der Waals surface area contributed by atoms with Crippen LogP contribution in [0.3, 0.4) is 0 Å². The molecule has 0 heterocycles. The zero-order chi connectivity index (χ0) is 13.8. The van der Waals surface area contributed by atoms with Crippen LogP contribution >= 0.6 is 23.2 Å². The van der Waals surface area contributed by atoms with Gasteiger partial charge in [-0.15, -0.1) is 0 Å². The molecular weight excluding hydrogens is 281 g/mol. The number of hydrogen-bond acceptors (Lipinski definition) is 2. The third-order valence-electron chi connectivity index (χ3n) is 2.91. The molecular formula is C15H15Cl2NO. The maximum Gasteiger partial charge on any atom is 0.143 e. The molecule has 0 radical (unpaired) electrons. The Labute approximate surface area is 123 Å². The summed E-state index contributed by atoms with van der Waals surface area (Å²) in [6.45, 7) is 2.60. The van der Waals surface area contributed by atoms with Gasteiger partial charge in [0.05, 0.1) is 12.8 Å². The van der Waals surface area contributed by atoms with Crippen LogP contribution in [0.4, 0.5) is 5.69 Å². The van der Waals surface area contributed by atoms with Crippen LogP contribution in [0.1, 0.15) is 11.1 Å². The van der Waals surface area contributed by atoms with E-state index in [1.807, 2.05) is 43.3 Å². The summed E-state index contributed by atoms with van der Waals surface area (Å²) in [5.41, 5.74) is 2.95. The van der Waals surface area contributed by atoms with Crippen LogP contribution in [0.25, 0.3) is 0 Å². The molecule has 0 aliphatic carbocycles. The summed E-state index contributed by atoms with van der Waals surface area (Å²) in [6.07, 6.45) is 0. The first-order valence-electron chi connectivity index (χ1n) is 5.93. The minimum Gasteiger partial charge on any atom is -0.495 e. The maximum atomic E-state index is 6.13. The van der Waals surface area contributed by atoms with Gasteiger partial charge in [-0.1, -0.05) is 41.4 Å². The molecule has 0 spiro atoms. The van der Waals surface area contributed by atoms with Crippen molar-refractivity contribution in [2.45, 2.75) is 13.5 Å². The molecule has 2 aromatic rings. The van der Waals surface area contributed by atoms with Gasteiger partial charge in [0, 0.05) is 22.7 Å². The topological polar surface area (TPSA) is 21.3 Å². The molecule has 0 aliphatic heterocycles. The van der Waals surface area contributed by atoms with E-state index in [4.69, 9.17) is 27.9 Å². The fourth-order valence-corrected chi connectivity index (χ4v) is 2.16. The van der Waals surface area contributed by atoms with Crippen LogP contribution in [0.5, 0.6) is 5.75 Å². The third-order valence-corrected chi connectivity index (χ3v) is 3.68. The van der Waals surface area contributed by atoms with E-state index in [-0.39, 0.29) is 0 Å². The second-order valence-electron chi connectivity index (χ2n) is 4.25. The van der Waals surface area contributed by atoms with E-state index >= 15 is 0 Å². The largest absolute Gasteiger partial charge is 0.495 e. The highest BCUT2D eigenvalue weighted by Crippen LogP contribution is 2.31. The van der Waals surface area contributed by atoms with Crippen molar-refractivity contribution < 1.29 is 4.74 Å². The van der Waals surface area contributed by atoms with Gasteiger partial charge in [-0.2, -0.15) is 0 Å². The summed E-state index contributed by atoms with van der Waals surface area (Å²) in [7, 11) is 1.63. The molecule has 0 aromatic heterocycles. The van der Waals surface area contributed by atoms with Crippen molar-refractivity contribution in [1.82, 2.24) is 0 Å². The standard InChI is InChI=1S/C15H15Cl2NO/c1-10-7-14(15(19-2)8-13(10)17)18-9-11-5-3-4-6-12(11)16/h3-8,18H,9H2,1-2H3. The molecule has 2 rings (SSSR count). The predicted octanol–water partition coefficient (Wildman–Crippen LogP) is 4.92. The number of ether oxygens (including phenoxy) is 1. The number of methoxy groups -OCH3 is 1. The highest BCUT2D eigenvalue weighted by atomic mass is 35.5. The van der Waals surface area contributed by atoms with Crippen LogP contribution < -0.4 is 10.1 Å². The number of hydrogen-bond donors (Lipinski definition) is 1. The number of benzene rings is 2. The SMILES string of the molecule is COc1cc(Cl)c(C)cc1NCc1ccccc1Cl. The molecule has 0 amide bonds. The number of aryl methyl sites for hydroxylation is 1. The van der Waals surface area contributed by atoms with E-state index in [0.717, 1.165) is 27.6 Å². The van der Waals surface area contributed by atoms with Gasteiger partial charge in [0.1, 0.15) is 5.75 Å². The summed E-state index contributed by atoms with van der Waals surface area (Å²) in [4.78, 5) is 0. The monoisotopic (exact) mass is 295 g/mol. The van der Waals surface area contributed by atoms with E-state index in [9.17, 15) is 0 Å². The lowest BCUT2D eigenvalue weighted by molar-refractivity contribution is 0.416. The van der Waals surface area contributed by atoms with Gasteiger partial charge in [0.25, 0.3) is 0 Å². The Morgan fingerprint density at radius 1 is 1.11 bits per heavy atom. The zero-order valence-corrected chi connectivity index (χ0v) is 12.3. The van der Waals surface area contributed by atoms with Gasteiger partial charge in [0.15, 0.2) is 0 Å². The van der Waals surface area contributed by atoms with Gasteiger partial charge in [-0.05, 0) is 30.2 Å². The van der Waals surface area contributed by atoms with Gasteiger partial charge in [-0.25, -0.2) is 0 Å². The zero-order valence-electron chi connectivity index (χ0n) is 10.8. The first-order valence-corrected chi connectivity index (χ1v) is 6.69. The third kappa shape index (κ3) is 3.34. The minimum atomic E-state index is 0.636. The highest BCUT2D eigenvalue weighted by molar-refractivity contribution is 6.31. The van der Waals surface area contributed by atoms with Crippen LogP contribution in [0.2, 0.25) is 10.0 Å². The second-order valence-corrected chi connectivity index (χ2v) is 5.06. The average Bonchev–Trinajstić information content (AvgIpc) is 2.41. The van der Waals surface area contributed by atoms with E-state index in [1.54, 1.807) is 7.11 Å². The summed E-state index contributed by atoms with van der Waals surface area (Å²) in [5.74, 6) is 0.725. The molecule has 2 nitrogen and oxygen atoms in total. The van der Waals surface area contributed by atoms with Crippen molar-refractivity contribution in [3.63, 3.8) is 0 Å². The Morgan fingerprint density at radius 3 is 2.53 bits per heavy atom. The lowest BCUT2D eigenvalue weighted by Crippen LogP contribution is -2.02. The van der Waals surface area contributed by atoms with E-state index in [1.165, 1.54) is 0 Å². The normalized spacial score (nSPS) is 10.3. The molecule has 19 heavy (non-hydrogen) atoms. The molecule has 0 atom stereocenters. The van der Waals surface area contributed by atoms with Gasteiger partial charge < -0.3 is 10.1 Å². The van der Waals surface area contributed by atoms with Crippen molar-refractivity contribution in [2.24, 2.45) is 0 Å². The Morgan fingerprint density at radius 2 is 1.84 bits per heavy atom. The molecule has 0 saturated heterocycles. The summed E-state index contributed by atoms with van der Waals surface area (Å²) in [6, 6.07) is 11.5. The Balaban J connectivity index is 2.20. The second kappa shape index (κ2) is 6.18. The quantitative estimate of drug-likeness (QED) is 0.864. The number of nitrogens with one attached hydrogen (secondary N) is 1. The summed E-state index contributed by atoms with van der Waals surface area (Å²) in [5, 5.41) is 4.77. The average molecular weight is 296 g/mol. The molecule has 4 heteroatoms. The van der Waals surface area contributed by atoms with Gasteiger partial charge in [-0.3, -0.25) is 0 Å². The first-order chi connectivity index (χ1) is 9.11. The fourth-order valence-electron chi connectivity index (χ4n) is 1.80. The Kier molecular flexibility index (Phi) is 4.56. The summed E-state index contributed by atoms with van der Waals surface area (Å²) >= 11 is 12.2. The molecule has 0 aliphatic rings. The molecule has 0 bridgehead atoms. The number of rotatable bonds is 4. The highest BCUT2D eigenvalue weighted by Gasteiger charge is 2.07. The van der Waals surface area contributed by atoms with Crippen molar-refractivity contribution in [3.05, 3.63) is 57.6 Å². The molecule has 100 valence electrons. The Hall–Kier alpha value is -1.38. The predicted molar refractivity (Wildman–Crippen MR) is 81.5 cm³/mol. The number of halogens is 2. The van der Waals surface area contributed by atoms with Crippen LogP contribution in [0.15, 0.2) is 36.4 Å². The van der Waals surface area contributed by atoms with E-state index in [2.05, 4.69) is 5.32 Å². The van der Waals surface area contributed by atoms with E-state index < -0.39 is 0 Å². The lowest BCUT2D eigenvalue weighted by atomic mass is 10.2. The van der Waals surface area contributed by atoms with E-state index in [0.29, 0.717) is 11.6 Å². The van der Waals surface area contributed by atoms with Crippen molar-refractivity contribution >= 4 is 28.9 Å². The molecule has 0 fully saturated rings. The Bertz CT molecular complexity index is 584. The molecule has 1 N–H and O–H groups in total. The molecule has 0 unspecified atom stereocenters. The van der Waals surface area contributed by atoms with Crippen molar-refractivity contribution in [3.8, 4) is 5.75 Å². The van der Waals surface area contributed by atoms with Crippen LogP contribution in [-0.4, -0.2) is 7.11 Å². The smallest absolute Gasteiger partial charge is 0.143 e. The summed E-state index contributed by atoms with van der Waals surface area (Å²) < 4.78 is 5.32. The fraction of sp³-hybridized carbons (Fsp3) is 0.200. The van der Waals surface area contributed by atoms with Crippen LogP contribution in [0, 0.1) is 6.92 Å². The minimum absolute atomic E-state index is 0.636. The molecule has 2 aromatic carbocycles. The maximum absolute atomic E-state index is 6.13. The van der Waals surface area contributed by atoms with Crippen LogP contribution in [-0.2, 0) is 6.54 Å². The van der Waals surface area contributed by atoms with Crippen molar-refractivity contribution in [1.29, 1.82) is 0 Å². The molecule has 0 saturated carbocycles. The number of anilines is 1. The first kappa shape index (κ1) is 14.0. The lowest BCUT2D eigenvalue weighted by Gasteiger charge is -2.13.